The van der Waals surface area contributed by atoms with Gasteiger partial charge in [-0.25, -0.2) is 14.4 Å². The van der Waals surface area contributed by atoms with Crippen LogP contribution < -0.4 is 10.5 Å². The zero-order valence-corrected chi connectivity index (χ0v) is 8.64. The van der Waals surface area contributed by atoms with Gasteiger partial charge in [-0.2, -0.15) is 0 Å². The zero-order chi connectivity index (χ0) is 11.5. The van der Waals surface area contributed by atoms with Crippen molar-refractivity contribution in [3.63, 3.8) is 0 Å². The van der Waals surface area contributed by atoms with Crippen molar-refractivity contribution in [1.29, 1.82) is 0 Å². The topological polar surface area (TPSA) is 61.0 Å². The summed E-state index contributed by atoms with van der Waals surface area (Å²) in [6.07, 6.45) is 1.23. The van der Waals surface area contributed by atoms with Crippen LogP contribution in [-0.2, 0) is 0 Å². The van der Waals surface area contributed by atoms with E-state index in [-0.39, 0.29) is 11.5 Å². The molecule has 5 heteroatoms. The minimum atomic E-state index is -0.615. The fourth-order valence-corrected chi connectivity index (χ4v) is 1.36. The summed E-state index contributed by atoms with van der Waals surface area (Å²) in [6, 6.07) is 6.94. The molecule has 0 saturated heterocycles. The molecule has 0 radical (unpaired) electrons. The standard InChI is InChI=1S/C11H10FN3O/c1-16-8-4-2-3-7(5-8)10-9(12)11(13)15-6-14-10/h2-6H,1H3,(H2,13,14,15). The highest BCUT2D eigenvalue weighted by molar-refractivity contribution is 5.64. The minimum Gasteiger partial charge on any atom is -0.497 e. The fraction of sp³-hybridized carbons (Fsp3) is 0.0909. The molecule has 82 valence electrons. The van der Waals surface area contributed by atoms with Crippen molar-refractivity contribution in [3.05, 3.63) is 36.4 Å². The molecule has 0 aliphatic rings. The number of halogens is 1. The van der Waals surface area contributed by atoms with Crippen LogP contribution in [0, 0.1) is 5.82 Å². The van der Waals surface area contributed by atoms with E-state index < -0.39 is 5.82 Å². The second-order valence-corrected chi connectivity index (χ2v) is 3.15. The Bertz CT molecular complexity index is 516. The predicted octanol–water partition coefficient (Wildman–Crippen LogP) is 1.87. The first-order valence-corrected chi connectivity index (χ1v) is 4.63. The van der Waals surface area contributed by atoms with Crippen molar-refractivity contribution in [2.24, 2.45) is 0 Å². The van der Waals surface area contributed by atoms with Gasteiger partial charge in [-0.15, -0.1) is 0 Å². The summed E-state index contributed by atoms with van der Waals surface area (Å²) in [5.74, 6) is -0.141. The third kappa shape index (κ3) is 1.79. The molecule has 0 unspecified atom stereocenters. The maximum atomic E-state index is 13.6. The van der Waals surface area contributed by atoms with Crippen molar-refractivity contribution >= 4 is 5.82 Å². The molecule has 1 heterocycles. The van der Waals surface area contributed by atoms with Crippen LogP contribution in [0.3, 0.4) is 0 Å². The van der Waals surface area contributed by atoms with E-state index in [0.29, 0.717) is 11.3 Å². The molecule has 2 N–H and O–H groups in total. The van der Waals surface area contributed by atoms with E-state index in [0.717, 1.165) is 0 Å². The normalized spacial score (nSPS) is 10.1. The van der Waals surface area contributed by atoms with E-state index in [2.05, 4.69) is 9.97 Å². The number of anilines is 1. The third-order valence-corrected chi connectivity index (χ3v) is 2.16. The van der Waals surface area contributed by atoms with Crippen LogP contribution >= 0.6 is 0 Å². The lowest BCUT2D eigenvalue weighted by Crippen LogP contribution is -1.99. The van der Waals surface area contributed by atoms with Gasteiger partial charge in [0.2, 0.25) is 0 Å². The van der Waals surface area contributed by atoms with Gasteiger partial charge >= 0.3 is 0 Å². The van der Waals surface area contributed by atoms with Gasteiger partial charge < -0.3 is 10.5 Å². The first-order chi connectivity index (χ1) is 7.72. The van der Waals surface area contributed by atoms with Gasteiger partial charge in [0.25, 0.3) is 0 Å². The molecular weight excluding hydrogens is 209 g/mol. The van der Waals surface area contributed by atoms with Crippen molar-refractivity contribution in [1.82, 2.24) is 9.97 Å². The monoisotopic (exact) mass is 219 g/mol. The van der Waals surface area contributed by atoms with Gasteiger partial charge in [0.15, 0.2) is 11.6 Å². The summed E-state index contributed by atoms with van der Waals surface area (Å²) in [5, 5.41) is 0. The van der Waals surface area contributed by atoms with Crippen molar-refractivity contribution in [2.45, 2.75) is 0 Å². The molecule has 16 heavy (non-hydrogen) atoms. The second-order valence-electron chi connectivity index (χ2n) is 3.15. The summed E-state index contributed by atoms with van der Waals surface area (Å²) in [7, 11) is 1.55. The number of nitrogens with two attached hydrogens (primary N) is 1. The van der Waals surface area contributed by atoms with Crippen LogP contribution in [-0.4, -0.2) is 17.1 Å². The van der Waals surface area contributed by atoms with Gasteiger partial charge in [0, 0.05) is 5.56 Å². The Kier molecular flexibility index (Phi) is 2.68. The van der Waals surface area contributed by atoms with Crippen LogP contribution in [0.25, 0.3) is 11.3 Å². The number of ether oxygens (including phenoxy) is 1. The predicted molar refractivity (Wildman–Crippen MR) is 58.4 cm³/mol. The Labute approximate surface area is 91.9 Å². The number of hydrogen-bond acceptors (Lipinski definition) is 4. The summed E-state index contributed by atoms with van der Waals surface area (Å²) >= 11 is 0. The highest BCUT2D eigenvalue weighted by Gasteiger charge is 2.10. The van der Waals surface area contributed by atoms with Crippen molar-refractivity contribution in [2.75, 3.05) is 12.8 Å². The molecule has 0 spiro atoms. The van der Waals surface area contributed by atoms with E-state index in [1.165, 1.54) is 6.33 Å². The number of methoxy groups -OCH3 is 1. The number of rotatable bonds is 2. The van der Waals surface area contributed by atoms with Gasteiger partial charge in [0.05, 0.1) is 7.11 Å². The number of nitrogens with zero attached hydrogens (tertiary/aromatic N) is 2. The quantitative estimate of drug-likeness (QED) is 0.837. The Hall–Kier alpha value is -2.17. The average Bonchev–Trinajstić information content (AvgIpc) is 2.33. The smallest absolute Gasteiger partial charge is 0.191 e. The molecule has 1 aromatic heterocycles. The van der Waals surface area contributed by atoms with E-state index >= 15 is 0 Å². The Morgan fingerprint density at radius 1 is 1.31 bits per heavy atom. The summed E-state index contributed by atoms with van der Waals surface area (Å²) < 4.78 is 18.7. The Balaban J connectivity index is 2.54. The van der Waals surface area contributed by atoms with E-state index in [1.54, 1.807) is 31.4 Å². The van der Waals surface area contributed by atoms with E-state index in [1.807, 2.05) is 0 Å². The lowest BCUT2D eigenvalue weighted by Gasteiger charge is -2.05. The molecule has 0 aliphatic heterocycles. The third-order valence-electron chi connectivity index (χ3n) is 2.16. The van der Waals surface area contributed by atoms with Crippen molar-refractivity contribution < 1.29 is 9.13 Å². The van der Waals surface area contributed by atoms with Gasteiger partial charge in [-0.05, 0) is 12.1 Å². The van der Waals surface area contributed by atoms with Crippen LogP contribution in [0.15, 0.2) is 30.6 Å². The maximum absolute atomic E-state index is 13.6. The highest BCUT2D eigenvalue weighted by Crippen LogP contribution is 2.25. The van der Waals surface area contributed by atoms with Crippen LogP contribution in [0.1, 0.15) is 0 Å². The zero-order valence-electron chi connectivity index (χ0n) is 8.64. The summed E-state index contributed by atoms with van der Waals surface area (Å²) in [4.78, 5) is 7.43. The largest absolute Gasteiger partial charge is 0.497 e. The fourth-order valence-electron chi connectivity index (χ4n) is 1.36. The number of nitrogen functional groups attached to an aromatic ring is 1. The number of aromatic nitrogens is 2. The molecule has 0 fully saturated rings. The van der Waals surface area contributed by atoms with E-state index in [9.17, 15) is 4.39 Å². The Morgan fingerprint density at radius 3 is 2.88 bits per heavy atom. The molecule has 0 atom stereocenters. The SMILES string of the molecule is COc1cccc(-c2ncnc(N)c2F)c1. The first kappa shape index (κ1) is 10.4. The van der Waals surface area contributed by atoms with Gasteiger partial charge in [-0.3, -0.25) is 0 Å². The molecular formula is C11H10FN3O. The number of benzene rings is 1. The average molecular weight is 219 g/mol. The minimum absolute atomic E-state index is 0.159. The van der Waals surface area contributed by atoms with Crippen LogP contribution in [0.4, 0.5) is 10.2 Å². The van der Waals surface area contributed by atoms with Crippen LogP contribution in [0.2, 0.25) is 0 Å². The molecule has 0 aliphatic carbocycles. The lowest BCUT2D eigenvalue weighted by molar-refractivity contribution is 0.415. The number of hydrogen-bond donors (Lipinski definition) is 1. The molecule has 0 bridgehead atoms. The van der Waals surface area contributed by atoms with Crippen LogP contribution in [0.5, 0.6) is 5.75 Å². The molecule has 2 rings (SSSR count). The maximum Gasteiger partial charge on any atom is 0.191 e. The first-order valence-electron chi connectivity index (χ1n) is 4.63. The summed E-state index contributed by atoms with van der Waals surface area (Å²) in [6.45, 7) is 0. The molecule has 2 aromatic rings. The van der Waals surface area contributed by atoms with Gasteiger partial charge in [0.1, 0.15) is 17.8 Å². The van der Waals surface area contributed by atoms with Gasteiger partial charge in [-0.1, -0.05) is 12.1 Å². The molecule has 4 nitrogen and oxygen atoms in total. The van der Waals surface area contributed by atoms with E-state index in [4.69, 9.17) is 10.5 Å². The lowest BCUT2D eigenvalue weighted by atomic mass is 10.1. The Morgan fingerprint density at radius 2 is 2.12 bits per heavy atom. The highest BCUT2D eigenvalue weighted by atomic mass is 19.1. The summed E-state index contributed by atoms with van der Waals surface area (Å²) in [5.41, 5.74) is 6.15. The molecule has 0 saturated carbocycles. The molecule has 0 amide bonds. The molecule has 1 aromatic carbocycles. The van der Waals surface area contributed by atoms with Crippen molar-refractivity contribution in [3.8, 4) is 17.0 Å². The second kappa shape index (κ2) is 4.14.